The summed E-state index contributed by atoms with van der Waals surface area (Å²) in [5.74, 6) is 0.897. The average molecular weight is 546 g/mol. The van der Waals surface area contributed by atoms with E-state index in [0.29, 0.717) is 30.4 Å². The van der Waals surface area contributed by atoms with Crippen LogP contribution < -0.4 is 4.90 Å². The van der Waals surface area contributed by atoms with E-state index in [4.69, 9.17) is 92.8 Å². The summed E-state index contributed by atoms with van der Waals surface area (Å²) in [6.07, 6.45) is 0. The van der Waals surface area contributed by atoms with Crippen molar-refractivity contribution < 1.29 is 0 Å². The average Bonchev–Trinajstić information content (AvgIpc) is 2.59. The van der Waals surface area contributed by atoms with E-state index >= 15 is 0 Å². The highest BCUT2D eigenvalue weighted by Gasteiger charge is 2.34. The van der Waals surface area contributed by atoms with E-state index in [1.54, 1.807) is 0 Å². The van der Waals surface area contributed by atoms with Crippen molar-refractivity contribution >= 4 is 98.5 Å². The Morgan fingerprint density at radius 2 is 1.32 bits per heavy atom. The maximum atomic E-state index is 5.93. The maximum Gasteiger partial charge on any atom is 0.250 e. The van der Waals surface area contributed by atoms with E-state index < -0.39 is 7.59 Å². The standard InChI is InChI=1S/C16H14Cl8N4/c1-9-8-10(28(6-4-17)7-5-18)2-3-11(9)12-25-13(15(19,20)21)27-14(26-12)16(22,23)24/h2-3,8H,4-7H2,1H3. The molecule has 28 heavy (non-hydrogen) atoms. The highest BCUT2D eigenvalue weighted by molar-refractivity contribution is 6.67. The lowest BCUT2D eigenvalue weighted by Gasteiger charge is -2.24. The van der Waals surface area contributed by atoms with Gasteiger partial charge in [0.05, 0.1) is 0 Å². The fourth-order valence-corrected chi connectivity index (χ4v) is 3.33. The Kier molecular flexibility index (Phi) is 8.88. The molecule has 1 heterocycles. The van der Waals surface area contributed by atoms with Crippen LogP contribution in [0.3, 0.4) is 0 Å². The van der Waals surface area contributed by atoms with Gasteiger partial charge in [-0.2, -0.15) is 0 Å². The normalized spacial score (nSPS) is 12.3. The summed E-state index contributed by atoms with van der Waals surface area (Å²) >= 11 is 47.4. The minimum absolute atomic E-state index is 0.141. The fraction of sp³-hybridized carbons (Fsp3) is 0.438. The molecule has 1 aromatic heterocycles. The molecule has 0 aliphatic heterocycles. The molecule has 12 heteroatoms. The zero-order valence-electron chi connectivity index (χ0n) is 14.4. The zero-order chi connectivity index (χ0) is 21.1. The number of aromatic nitrogens is 3. The molecule has 0 fully saturated rings. The molecule has 0 aliphatic carbocycles. The number of halogens is 8. The number of benzene rings is 1. The summed E-state index contributed by atoms with van der Waals surface area (Å²) in [5, 5.41) is 0. The fourth-order valence-electron chi connectivity index (χ4n) is 2.42. The smallest absolute Gasteiger partial charge is 0.250 e. The summed E-state index contributed by atoms with van der Waals surface area (Å²) in [7, 11) is 0. The molecule has 2 aromatic rings. The molecule has 0 saturated heterocycles. The Morgan fingerprint density at radius 3 is 1.71 bits per heavy atom. The number of anilines is 1. The van der Waals surface area contributed by atoms with Crippen molar-refractivity contribution in [3.63, 3.8) is 0 Å². The third-order valence-corrected chi connectivity index (χ3v) is 5.02. The van der Waals surface area contributed by atoms with Crippen molar-refractivity contribution in [1.29, 1.82) is 0 Å². The second-order valence-corrected chi connectivity index (χ2v) is 11.0. The van der Waals surface area contributed by atoms with Gasteiger partial charge in [0.1, 0.15) is 0 Å². The van der Waals surface area contributed by atoms with Crippen molar-refractivity contribution in [2.75, 3.05) is 29.7 Å². The summed E-state index contributed by atoms with van der Waals surface area (Å²) in [6.45, 7) is 3.22. The van der Waals surface area contributed by atoms with Crippen LogP contribution in [0.25, 0.3) is 11.4 Å². The van der Waals surface area contributed by atoms with Crippen molar-refractivity contribution in [2.45, 2.75) is 14.5 Å². The first-order chi connectivity index (χ1) is 13.0. The zero-order valence-corrected chi connectivity index (χ0v) is 20.4. The number of rotatable bonds is 6. The third kappa shape index (κ3) is 6.42. The van der Waals surface area contributed by atoms with Gasteiger partial charge in [0, 0.05) is 36.1 Å². The Bertz CT molecular complexity index is 781. The number of nitrogens with zero attached hydrogens (tertiary/aromatic N) is 4. The van der Waals surface area contributed by atoms with Crippen LogP contribution in [0.15, 0.2) is 18.2 Å². The Labute approximate surface area is 203 Å². The lowest BCUT2D eigenvalue weighted by molar-refractivity contribution is 0.850. The number of alkyl halides is 8. The van der Waals surface area contributed by atoms with Crippen molar-refractivity contribution in [3.8, 4) is 11.4 Å². The van der Waals surface area contributed by atoms with Crippen LogP contribution in [0, 0.1) is 6.92 Å². The van der Waals surface area contributed by atoms with Crippen LogP contribution in [-0.4, -0.2) is 39.8 Å². The predicted molar refractivity (Wildman–Crippen MR) is 122 cm³/mol. The topological polar surface area (TPSA) is 41.9 Å². The van der Waals surface area contributed by atoms with Gasteiger partial charge in [0.2, 0.25) is 7.59 Å². The van der Waals surface area contributed by atoms with Gasteiger partial charge < -0.3 is 4.90 Å². The van der Waals surface area contributed by atoms with Gasteiger partial charge in [-0.15, -0.1) is 23.2 Å². The molecule has 0 atom stereocenters. The molecule has 0 spiro atoms. The number of hydrogen-bond donors (Lipinski definition) is 0. The summed E-state index contributed by atoms with van der Waals surface area (Å²) < 4.78 is -3.82. The minimum Gasteiger partial charge on any atom is -0.369 e. The lowest BCUT2D eigenvalue weighted by atomic mass is 10.1. The monoisotopic (exact) mass is 542 g/mol. The van der Waals surface area contributed by atoms with Crippen LogP contribution in [-0.2, 0) is 7.59 Å². The number of hydrogen-bond acceptors (Lipinski definition) is 4. The Hall–Kier alpha value is 0.350. The lowest BCUT2D eigenvalue weighted by Crippen LogP contribution is -2.27. The Morgan fingerprint density at radius 1 is 0.821 bits per heavy atom. The molecule has 4 nitrogen and oxygen atoms in total. The SMILES string of the molecule is Cc1cc(N(CCCl)CCCl)ccc1-c1nc(C(Cl)(Cl)Cl)nc(C(Cl)(Cl)Cl)n1. The molecule has 0 amide bonds. The second-order valence-electron chi connectivity index (χ2n) is 5.67. The van der Waals surface area contributed by atoms with E-state index in [2.05, 4.69) is 19.9 Å². The van der Waals surface area contributed by atoms with Crippen molar-refractivity contribution in [3.05, 3.63) is 35.4 Å². The minimum atomic E-state index is -1.91. The molecule has 0 radical (unpaired) electrons. The maximum absolute atomic E-state index is 5.93. The van der Waals surface area contributed by atoms with E-state index in [1.165, 1.54) is 0 Å². The highest BCUT2D eigenvalue weighted by Crippen LogP contribution is 2.41. The quantitative estimate of drug-likeness (QED) is 0.375. The largest absolute Gasteiger partial charge is 0.369 e. The van der Waals surface area contributed by atoms with Crippen LogP contribution >= 0.6 is 92.8 Å². The first kappa shape index (κ1) is 24.6. The van der Waals surface area contributed by atoms with Gasteiger partial charge in [0.25, 0.3) is 0 Å². The molecule has 0 unspecified atom stereocenters. The molecule has 2 rings (SSSR count). The molecular weight excluding hydrogens is 532 g/mol. The highest BCUT2D eigenvalue weighted by atomic mass is 35.6. The first-order valence-corrected chi connectivity index (χ1v) is 11.2. The number of aryl methyl sites for hydroxylation is 1. The first-order valence-electron chi connectivity index (χ1n) is 7.85. The van der Waals surface area contributed by atoms with E-state index in [0.717, 1.165) is 11.3 Å². The van der Waals surface area contributed by atoms with Crippen LogP contribution in [0.2, 0.25) is 0 Å². The van der Waals surface area contributed by atoms with Crippen molar-refractivity contribution in [2.24, 2.45) is 0 Å². The molecule has 0 aliphatic rings. The van der Waals surface area contributed by atoms with Crippen molar-refractivity contribution in [1.82, 2.24) is 15.0 Å². The van der Waals surface area contributed by atoms with Gasteiger partial charge in [-0.3, -0.25) is 0 Å². The molecule has 0 bridgehead atoms. The van der Waals surface area contributed by atoms with Gasteiger partial charge >= 0.3 is 0 Å². The molecule has 154 valence electrons. The molecule has 0 saturated carbocycles. The van der Waals surface area contributed by atoms with Gasteiger partial charge in [-0.1, -0.05) is 69.6 Å². The van der Waals surface area contributed by atoms with Crippen LogP contribution in [0.5, 0.6) is 0 Å². The van der Waals surface area contributed by atoms with E-state index in [1.807, 2.05) is 25.1 Å². The van der Waals surface area contributed by atoms with Gasteiger partial charge in [0.15, 0.2) is 17.5 Å². The molecule has 0 N–H and O–H groups in total. The van der Waals surface area contributed by atoms with E-state index in [-0.39, 0.29) is 17.5 Å². The molecular formula is C16H14Cl8N4. The van der Waals surface area contributed by atoms with Crippen LogP contribution in [0.4, 0.5) is 5.69 Å². The Balaban J connectivity index is 2.55. The predicted octanol–water partition coefficient (Wildman–Crippen LogP) is 6.78. The van der Waals surface area contributed by atoms with E-state index in [9.17, 15) is 0 Å². The summed E-state index contributed by atoms with van der Waals surface area (Å²) in [6, 6.07) is 5.69. The van der Waals surface area contributed by atoms with Gasteiger partial charge in [-0.25, -0.2) is 15.0 Å². The third-order valence-electron chi connectivity index (χ3n) is 3.67. The second kappa shape index (κ2) is 10.1. The van der Waals surface area contributed by atoms with Gasteiger partial charge in [-0.05, 0) is 30.7 Å². The summed E-state index contributed by atoms with van der Waals surface area (Å²) in [4.78, 5) is 14.5. The summed E-state index contributed by atoms with van der Waals surface area (Å²) in [5.41, 5.74) is 2.50. The van der Waals surface area contributed by atoms with Crippen LogP contribution in [0.1, 0.15) is 17.2 Å². The molecule has 1 aromatic carbocycles.